The lowest BCUT2D eigenvalue weighted by Crippen LogP contribution is -2.39. The Hall–Kier alpha value is -13.2. The zero-order valence-electron chi connectivity index (χ0n) is 74.5. The summed E-state index contributed by atoms with van der Waals surface area (Å²) < 4.78 is 74.9. The summed E-state index contributed by atoms with van der Waals surface area (Å²) in [4.78, 5) is 176. The third-order valence-corrected chi connectivity index (χ3v) is 26.7. The van der Waals surface area contributed by atoms with E-state index in [-0.39, 0.29) is 142 Å². The van der Waals surface area contributed by atoms with Gasteiger partial charge in [0.25, 0.3) is 16.7 Å². The van der Waals surface area contributed by atoms with Crippen molar-refractivity contribution < 1.29 is 102 Å². The second-order valence-corrected chi connectivity index (χ2v) is 37.8. The second kappa shape index (κ2) is 45.2. The van der Waals surface area contributed by atoms with E-state index in [1.807, 2.05) is 6.07 Å². The molecule has 6 fully saturated rings. The van der Waals surface area contributed by atoms with Gasteiger partial charge in [-0.1, -0.05) is 120 Å². The predicted molar refractivity (Wildman–Crippen MR) is 514 cm³/mol. The molecular formula is C82H98N24O29S6. The number of rotatable bonds is 22. The number of hydrogen-bond acceptors (Lipinski definition) is 51. The number of anilines is 7. The first-order valence-electron chi connectivity index (χ1n) is 42.2. The number of aromatic nitrogens is 17. The van der Waals surface area contributed by atoms with Gasteiger partial charge < -0.3 is 122 Å². The van der Waals surface area contributed by atoms with Crippen molar-refractivity contribution in [2.45, 2.75) is 196 Å². The highest BCUT2D eigenvalue weighted by molar-refractivity contribution is 8.03. The molecule has 0 bridgehead atoms. The van der Waals surface area contributed by atoms with Crippen LogP contribution in [0, 0.1) is 0 Å². The average molecular weight is 2080 g/mol. The molecule has 0 aliphatic carbocycles. The summed E-state index contributed by atoms with van der Waals surface area (Å²) in [6.07, 6.45) is -5.04. The number of allylic oxidation sites excluding steroid dienone is 3. The molecule has 18 heterocycles. The number of esters is 3. The van der Waals surface area contributed by atoms with Gasteiger partial charge >= 0.3 is 42.3 Å². The normalized spacial score (nSPS) is 24.2. The highest BCUT2D eigenvalue weighted by atomic mass is 32.2. The Morgan fingerprint density at radius 1 is 0.426 bits per heavy atom. The van der Waals surface area contributed by atoms with E-state index in [1.165, 1.54) is 51.7 Å². The number of nitrogens with two attached hydrogens (primary N) is 6. The van der Waals surface area contributed by atoms with E-state index in [0.29, 0.717) is 103 Å². The molecule has 0 amide bonds. The first-order chi connectivity index (χ1) is 66.7. The fraction of sp³-hybridized carbons (Fsp3) is 0.439. The van der Waals surface area contributed by atoms with E-state index < -0.39 is 154 Å². The molecule has 0 saturated carbocycles. The Morgan fingerprint density at radius 2 is 0.759 bits per heavy atom. The number of hydrogen-bond donors (Lipinski definition) is 15. The largest absolute Gasteiger partial charge is 0.491 e. The van der Waals surface area contributed by atoms with E-state index in [4.69, 9.17) is 101 Å². The fourth-order valence-corrected chi connectivity index (χ4v) is 20.7. The molecule has 756 valence electrons. The Kier molecular flexibility index (Phi) is 33.7. The van der Waals surface area contributed by atoms with Crippen molar-refractivity contribution in [3.63, 3.8) is 0 Å². The summed E-state index contributed by atoms with van der Waals surface area (Å²) in [6, 6.07) is 8.69. The molecule has 0 unspecified atom stereocenters. The molecular weight excluding hydrogens is 1980 g/mol. The number of nitrogens with one attached hydrogen (secondary N) is 3. The molecule has 18 atom stereocenters. The van der Waals surface area contributed by atoms with Crippen molar-refractivity contribution in [2.24, 2.45) is 0 Å². The van der Waals surface area contributed by atoms with Crippen LogP contribution in [0.3, 0.4) is 0 Å². The third kappa shape index (κ3) is 23.8. The maximum Gasteiger partial charge on any atom is 0.338 e. The average Bonchev–Trinajstić information content (AvgIpc) is 1.64. The van der Waals surface area contributed by atoms with Crippen molar-refractivity contribution in [1.82, 2.24) is 82.6 Å². The molecule has 19 rings (SSSR count). The first-order valence-corrected chi connectivity index (χ1v) is 47.1. The van der Waals surface area contributed by atoms with Crippen LogP contribution in [0.1, 0.15) is 122 Å². The number of nitrogens with zero attached hydrogens (tertiary/aromatic N) is 15. The van der Waals surface area contributed by atoms with Gasteiger partial charge in [0, 0.05) is 58.6 Å². The highest BCUT2D eigenvalue weighted by Crippen LogP contribution is 2.48. The van der Waals surface area contributed by atoms with E-state index >= 15 is 0 Å². The summed E-state index contributed by atoms with van der Waals surface area (Å²) in [5.74, 6) is 0.510. The van der Waals surface area contributed by atoms with Crippen molar-refractivity contribution in [1.29, 1.82) is 0 Å². The van der Waals surface area contributed by atoms with Gasteiger partial charge in [-0.15, -0.1) is 0 Å². The predicted octanol–water partition coefficient (Wildman–Crippen LogP) is 1.49. The molecule has 6 saturated heterocycles. The van der Waals surface area contributed by atoms with Gasteiger partial charge in [0.1, 0.15) is 63.9 Å². The summed E-state index contributed by atoms with van der Waals surface area (Å²) in [5, 5.41) is 57.5. The smallest absolute Gasteiger partial charge is 0.338 e. The molecule has 7 aliphatic heterocycles. The zero-order valence-corrected chi connectivity index (χ0v) is 79.4. The van der Waals surface area contributed by atoms with Crippen LogP contribution in [-0.2, 0) is 66.4 Å². The van der Waals surface area contributed by atoms with Crippen molar-refractivity contribution in [3.8, 4) is 0 Å². The maximum absolute atomic E-state index is 12.7. The van der Waals surface area contributed by atoms with E-state index in [0.717, 1.165) is 48.0 Å². The lowest BCUT2D eigenvalue weighted by Gasteiger charge is -2.27. The van der Waals surface area contributed by atoms with Crippen LogP contribution < -0.4 is 80.3 Å². The quantitative estimate of drug-likeness (QED) is 0.0260. The number of aromatic amines is 3. The zero-order chi connectivity index (χ0) is 101. The molecule has 141 heavy (non-hydrogen) atoms. The monoisotopic (exact) mass is 2070 g/mol. The van der Waals surface area contributed by atoms with Gasteiger partial charge in [0.15, 0.2) is 71.4 Å². The Morgan fingerprint density at radius 3 is 1.15 bits per heavy atom. The number of carbonyl (C=O) groups excluding carboxylic acids is 3. The van der Waals surface area contributed by atoms with Crippen LogP contribution in [0.15, 0.2) is 141 Å². The molecule has 0 radical (unpaired) electrons. The summed E-state index contributed by atoms with van der Waals surface area (Å²) in [6.45, 7) is 22.0. The standard InChI is InChI=1S/C20H20N4O5S.C15H18N4O6S.C13H16N4O4S.C12H14N4O6S.C11H14N4O3S.C10H12N4O5S.CH4/c1-11(2)28-14-8-13(10-27-18(25)12-6-4-3-5-7-12)29-17(14)24-16-15(30-20(24)26)9-22-19(21)23-16;1-6(2)24-9-4-8(5-23-7(3)20)25-13(9)19-11-10(26-15(19)22)12(21)18-14(16)17-11;1-6(2)20-8-3-7(5-18)21-11(8)17-10-9(22-13(17)19)4-15-12(14)16-10;1-4(18)21-6-2-5(3-17)22-10(6)16-8-7(23-12(16)20)9(19)15-11(13)14-8;1-5-15(10-7(17)2-6(4-16)18-10)9-8(19-5)3-13-11(12)14-9;11-9-12-6-5(7(17)13-9)20-10(18)14(6)8-4(16)1-3(2-15)19-8;/h3-7,9,13-14,17H,1,8,10H2,2H3,(H2,21,22,23);8-9,13H,1,4-5H2,2-3H3,(H3,16,17,18,21);4,7-8,11,18H,1,3,5H2,2H3,(H2,14,15,16);5-6,10,17H,2-3H2,1H3,(H3,13,14,15,19);3,6-7,10,16-17H,1-2,4H2,(H2,12,13,14);3-4,8,15-16H,1-2H2,(H3,11,12,13,17);1H4/t13-,14+,17+;8-,9+,13+;7-,8+,11+;5-,6+,10+;6-,7+,10+;3-,4+,8+;/m000000./s1. The molecule has 0 spiro atoms. The summed E-state index contributed by atoms with van der Waals surface area (Å²) in [5.41, 5.74) is 33.4. The van der Waals surface area contributed by atoms with Gasteiger partial charge in [-0.2, -0.15) is 29.9 Å². The Labute approximate surface area is 816 Å². The molecule has 11 aromatic heterocycles. The van der Waals surface area contributed by atoms with Crippen molar-refractivity contribution >= 4 is 180 Å². The Balaban J connectivity index is 0.000000143. The van der Waals surface area contributed by atoms with Crippen molar-refractivity contribution in [2.75, 3.05) is 78.9 Å². The van der Waals surface area contributed by atoms with Crippen LogP contribution in [-0.4, -0.2) is 250 Å². The molecule has 12 aromatic rings. The lowest BCUT2D eigenvalue weighted by molar-refractivity contribution is -0.152. The molecule has 7 aliphatic rings. The van der Waals surface area contributed by atoms with Gasteiger partial charge in [0.2, 0.25) is 35.7 Å². The number of carbonyl (C=O) groups is 3. The minimum Gasteiger partial charge on any atom is -0.491 e. The number of fused-ring (bicyclic) bond motifs is 6. The van der Waals surface area contributed by atoms with E-state index in [1.54, 1.807) is 56.1 Å². The van der Waals surface area contributed by atoms with Crippen LogP contribution >= 0.6 is 68.4 Å². The SMILES string of the molecule is C.C=C(C)O[C@@H]1C[C@@H](CO)O[C@H]1n1c(=O)sc2cnc(N)nc21.C=C(C)O[C@@H]1C[C@@H](COC(=O)c2ccccc2)O[C@H]1n1c(=O)sc2cnc(N)nc21.C=C(C)O[C@@H]1C[C@@H](COC(C)=O)O[C@H]1n1c(=O)sc2c(=O)[nH]c(N)nc21.C=C1Sc2cnc(N)nc2N1[C@@H]1O[C@H](CO)C[C@H]1O.CC(=O)O[C@@H]1C[C@@H](CO)O[C@H]1n1c(=O)sc2c(=O)[nH]c(N)nc21.Nc1nc2c(sc(=O)n2[C@@H]2O[C@H](CO)C[C@H]2O)c(=O)[nH]1. The van der Waals surface area contributed by atoms with E-state index in [9.17, 15) is 73.2 Å². The minimum absolute atomic E-state index is 0. The first kappa shape index (κ1) is 105. The fourth-order valence-electron chi connectivity index (χ4n) is 15.7. The van der Waals surface area contributed by atoms with Gasteiger partial charge in [-0.05, 0) is 32.9 Å². The number of benzene rings is 1. The Bertz CT molecular complexity index is 7200. The van der Waals surface area contributed by atoms with Gasteiger partial charge in [0.05, 0.1) is 118 Å². The summed E-state index contributed by atoms with van der Waals surface area (Å²) >= 11 is 5.55. The van der Waals surface area contributed by atoms with Crippen molar-refractivity contribution in [3.05, 3.63) is 183 Å². The number of thioether (sulfide) groups is 1. The topological polar surface area (TPSA) is 767 Å². The number of aliphatic hydroxyl groups is 6. The minimum atomic E-state index is -0.984. The lowest BCUT2D eigenvalue weighted by atomic mass is 10.2. The summed E-state index contributed by atoms with van der Waals surface area (Å²) in [7, 11) is 0. The number of ether oxygens (including phenoxy) is 12. The van der Waals surface area contributed by atoms with E-state index in [2.05, 4.69) is 86.1 Å². The molecule has 53 nitrogen and oxygen atoms in total. The van der Waals surface area contributed by atoms with Gasteiger partial charge in [-0.3, -0.25) is 90.6 Å². The third-order valence-electron chi connectivity index (χ3n) is 21.2. The van der Waals surface area contributed by atoms with Crippen LogP contribution in [0.2, 0.25) is 0 Å². The molecule has 21 N–H and O–H groups in total. The molecule has 59 heteroatoms. The number of aliphatic hydroxyl groups excluding tert-OH is 6. The van der Waals surface area contributed by atoms with Crippen LogP contribution in [0.25, 0.3) is 51.7 Å². The molecule has 1 aromatic carbocycles. The van der Waals surface area contributed by atoms with Gasteiger partial charge in [-0.25, -0.2) is 19.7 Å². The number of nitrogen functional groups attached to an aromatic ring is 6. The number of thiazole rings is 5. The number of H-pyrrole nitrogens is 3. The second-order valence-electron chi connectivity index (χ2n) is 31.8. The maximum atomic E-state index is 12.7. The van der Waals surface area contributed by atoms with Crippen LogP contribution in [0.4, 0.5) is 41.5 Å². The highest BCUT2D eigenvalue weighted by Gasteiger charge is 2.48. The van der Waals surface area contributed by atoms with Crippen LogP contribution in [0.5, 0.6) is 0 Å².